The zero-order chi connectivity index (χ0) is 12.3. The number of alkyl halides is 1. The van der Waals surface area contributed by atoms with Crippen molar-refractivity contribution in [2.75, 3.05) is 11.9 Å². The maximum Gasteiger partial charge on any atom is 0.291 e. The van der Waals surface area contributed by atoms with E-state index >= 15 is 0 Å². The third-order valence-corrected chi connectivity index (χ3v) is 3.73. The van der Waals surface area contributed by atoms with Crippen LogP contribution in [0.3, 0.4) is 0 Å². The van der Waals surface area contributed by atoms with E-state index in [0.717, 1.165) is 31.1 Å². The number of halogens is 1. The molecule has 4 nitrogen and oxygen atoms in total. The van der Waals surface area contributed by atoms with Crippen LogP contribution in [0.5, 0.6) is 0 Å². The second-order valence-corrected chi connectivity index (χ2v) is 5.19. The average molecular weight is 301 g/mol. The van der Waals surface area contributed by atoms with E-state index in [-0.39, 0.29) is 5.91 Å². The van der Waals surface area contributed by atoms with Gasteiger partial charge in [0.1, 0.15) is 0 Å². The molecule has 0 N–H and O–H groups in total. The van der Waals surface area contributed by atoms with Gasteiger partial charge in [0.2, 0.25) is 5.76 Å². The Bertz CT molecular complexity index is 390. The fourth-order valence-electron chi connectivity index (χ4n) is 2.33. The monoisotopic (exact) mass is 300 g/mol. The van der Waals surface area contributed by atoms with Crippen LogP contribution in [0, 0.1) is 6.92 Å². The van der Waals surface area contributed by atoms with Crippen molar-refractivity contribution in [3.8, 4) is 0 Å². The fraction of sp³-hybridized carbons (Fsp3) is 0.667. The van der Waals surface area contributed by atoms with Crippen LogP contribution in [-0.4, -0.2) is 33.7 Å². The Morgan fingerprint density at radius 3 is 3.12 bits per heavy atom. The van der Waals surface area contributed by atoms with E-state index in [1.807, 2.05) is 4.90 Å². The summed E-state index contributed by atoms with van der Waals surface area (Å²) in [5, 5.41) is 0.927. The molecule has 1 amide bonds. The molecule has 1 unspecified atom stereocenters. The standard InChI is InChI=1S/C12H17BrN2O2/c1-9-11(17-8-14-9)12(16)15-7-3-2-4-10(15)5-6-13/h8,10H,2-7H2,1H3. The van der Waals surface area contributed by atoms with E-state index in [1.165, 1.54) is 12.8 Å². The normalized spacial score (nSPS) is 20.6. The number of carbonyl (C=O) groups is 1. The number of likely N-dealkylation sites (tertiary alicyclic amines) is 1. The highest BCUT2D eigenvalue weighted by atomic mass is 79.9. The molecule has 0 bridgehead atoms. The predicted octanol–water partition coefficient (Wildman–Crippen LogP) is 2.76. The lowest BCUT2D eigenvalue weighted by Crippen LogP contribution is -2.44. The Kier molecular flexibility index (Phi) is 4.20. The van der Waals surface area contributed by atoms with Crippen molar-refractivity contribution in [3.63, 3.8) is 0 Å². The molecule has 1 fully saturated rings. The van der Waals surface area contributed by atoms with Crippen molar-refractivity contribution in [1.29, 1.82) is 0 Å². The zero-order valence-electron chi connectivity index (χ0n) is 9.99. The Hall–Kier alpha value is -0.840. The molecule has 1 aliphatic heterocycles. The molecule has 1 aromatic heterocycles. The van der Waals surface area contributed by atoms with E-state index in [0.29, 0.717) is 17.5 Å². The molecular formula is C12H17BrN2O2. The minimum absolute atomic E-state index is 0.00866. The second-order valence-electron chi connectivity index (χ2n) is 4.39. The van der Waals surface area contributed by atoms with Crippen LogP contribution in [0.25, 0.3) is 0 Å². The van der Waals surface area contributed by atoms with Gasteiger partial charge in [0, 0.05) is 17.9 Å². The minimum atomic E-state index is -0.00866. The Balaban J connectivity index is 2.14. The number of aryl methyl sites for hydroxylation is 1. The van der Waals surface area contributed by atoms with E-state index < -0.39 is 0 Å². The summed E-state index contributed by atoms with van der Waals surface area (Å²) in [6.45, 7) is 2.64. The van der Waals surface area contributed by atoms with E-state index in [4.69, 9.17) is 4.42 Å². The third-order valence-electron chi connectivity index (χ3n) is 3.27. The Morgan fingerprint density at radius 1 is 1.65 bits per heavy atom. The molecule has 1 saturated heterocycles. The first-order valence-electron chi connectivity index (χ1n) is 6.01. The van der Waals surface area contributed by atoms with Crippen molar-refractivity contribution in [2.45, 2.75) is 38.6 Å². The molecule has 1 aliphatic rings. The van der Waals surface area contributed by atoms with Gasteiger partial charge in [-0.15, -0.1) is 0 Å². The highest BCUT2D eigenvalue weighted by Crippen LogP contribution is 2.23. The van der Waals surface area contributed by atoms with E-state index in [1.54, 1.807) is 6.92 Å². The first kappa shape index (κ1) is 12.6. The fourth-order valence-corrected chi connectivity index (χ4v) is 2.86. The molecule has 0 spiro atoms. The molecule has 0 radical (unpaired) electrons. The summed E-state index contributed by atoms with van der Waals surface area (Å²) < 4.78 is 5.19. The van der Waals surface area contributed by atoms with Gasteiger partial charge in [0.05, 0.1) is 5.69 Å². The van der Waals surface area contributed by atoms with Crippen LogP contribution < -0.4 is 0 Å². The van der Waals surface area contributed by atoms with Crippen molar-refractivity contribution >= 4 is 21.8 Å². The summed E-state index contributed by atoms with van der Waals surface area (Å²) in [4.78, 5) is 18.3. The first-order valence-corrected chi connectivity index (χ1v) is 7.13. The van der Waals surface area contributed by atoms with Crippen LogP contribution in [0.1, 0.15) is 41.9 Å². The quantitative estimate of drug-likeness (QED) is 0.807. The molecule has 1 aromatic rings. The molecule has 5 heteroatoms. The lowest BCUT2D eigenvalue weighted by Gasteiger charge is -2.35. The van der Waals surface area contributed by atoms with Crippen LogP contribution in [-0.2, 0) is 0 Å². The molecule has 0 aliphatic carbocycles. The summed E-state index contributed by atoms with van der Waals surface area (Å²) >= 11 is 3.45. The van der Waals surface area contributed by atoms with Gasteiger partial charge in [0.15, 0.2) is 6.39 Å². The molecule has 2 heterocycles. The highest BCUT2D eigenvalue weighted by Gasteiger charge is 2.29. The molecule has 0 saturated carbocycles. The van der Waals surface area contributed by atoms with Crippen molar-refractivity contribution in [2.24, 2.45) is 0 Å². The van der Waals surface area contributed by atoms with Crippen LogP contribution in [0.15, 0.2) is 10.8 Å². The average Bonchev–Trinajstić information content (AvgIpc) is 2.76. The second kappa shape index (κ2) is 5.67. The lowest BCUT2D eigenvalue weighted by molar-refractivity contribution is 0.0576. The number of aromatic nitrogens is 1. The van der Waals surface area contributed by atoms with Gasteiger partial charge in [-0.2, -0.15) is 0 Å². The molecule has 1 atom stereocenters. The summed E-state index contributed by atoms with van der Waals surface area (Å²) in [5.74, 6) is 0.386. The molecule has 2 rings (SSSR count). The number of oxazole rings is 1. The van der Waals surface area contributed by atoms with Crippen LogP contribution >= 0.6 is 15.9 Å². The van der Waals surface area contributed by atoms with Crippen molar-refractivity contribution in [3.05, 3.63) is 17.8 Å². The first-order chi connectivity index (χ1) is 8.24. The number of nitrogens with zero attached hydrogens (tertiary/aromatic N) is 2. The van der Waals surface area contributed by atoms with E-state index in [9.17, 15) is 4.79 Å². The topological polar surface area (TPSA) is 46.3 Å². The number of carbonyl (C=O) groups excluding carboxylic acids is 1. The predicted molar refractivity (Wildman–Crippen MR) is 68.3 cm³/mol. The van der Waals surface area contributed by atoms with Gasteiger partial charge < -0.3 is 9.32 Å². The Morgan fingerprint density at radius 2 is 2.47 bits per heavy atom. The molecule has 17 heavy (non-hydrogen) atoms. The zero-order valence-corrected chi connectivity index (χ0v) is 11.6. The van der Waals surface area contributed by atoms with Gasteiger partial charge in [0.25, 0.3) is 5.91 Å². The molecular weight excluding hydrogens is 284 g/mol. The number of piperidine rings is 1. The van der Waals surface area contributed by atoms with Gasteiger partial charge in [-0.3, -0.25) is 4.79 Å². The summed E-state index contributed by atoms with van der Waals surface area (Å²) in [7, 11) is 0. The largest absolute Gasteiger partial charge is 0.438 e. The van der Waals surface area contributed by atoms with Crippen LogP contribution in [0.2, 0.25) is 0 Å². The van der Waals surface area contributed by atoms with E-state index in [2.05, 4.69) is 20.9 Å². The lowest BCUT2D eigenvalue weighted by atomic mass is 9.99. The number of hydrogen-bond acceptors (Lipinski definition) is 3. The number of amides is 1. The molecule has 0 aromatic carbocycles. The van der Waals surface area contributed by atoms with Gasteiger partial charge in [-0.1, -0.05) is 15.9 Å². The highest BCUT2D eigenvalue weighted by molar-refractivity contribution is 9.09. The van der Waals surface area contributed by atoms with Crippen molar-refractivity contribution < 1.29 is 9.21 Å². The van der Waals surface area contributed by atoms with Gasteiger partial charge in [-0.05, 0) is 32.6 Å². The molecule has 94 valence electrons. The summed E-state index contributed by atoms with van der Waals surface area (Å²) in [5.41, 5.74) is 0.679. The maximum absolute atomic E-state index is 12.3. The van der Waals surface area contributed by atoms with Crippen molar-refractivity contribution in [1.82, 2.24) is 9.88 Å². The smallest absolute Gasteiger partial charge is 0.291 e. The Labute approximate surface area is 110 Å². The van der Waals surface area contributed by atoms with Gasteiger partial charge >= 0.3 is 0 Å². The van der Waals surface area contributed by atoms with Crippen LogP contribution in [0.4, 0.5) is 0 Å². The summed E-state index contributed by atoms with van der Waals surface area (Å²) in [6.07, 6.45) is 5.71. The number of rotatable bonds is 3. The SMILES string of the molecule is Cc1ncoc1C(=O)N1CCCCC1CCBr. The van der Waals surface area contributed by atoms with Gasteiger partial charge in [-0.25, -0.2) is 4.98 Å². The maximum atomic E-state index is 12.3. The minimum Gasteiger partial charge on any atom is -0.438 e. The third kappa shape index (κ3) is 2.70. The number of hydrogen-bond donors (Lipinski definition) is 0. The summed E-state index contributed by atoms with van der Waals surface area (Å²) in [6, 6.07) is 0.333.